The first-order valence-corrected chi connectivity index (χ1v) is 11.7. The lowest BCUT2D eigenvalue weighted by atomic mass is 10.2. The van der Waals surface area contributed by atoms with Crippen molar-refractivity contribution in [3.8, 4) is 0 Å². The summed E-state index contributed by atoms with van der Waals surface area (Å²) in [7, 11) is -3.47. The van der Waals surface area contributed by atoms with Crippen LogP contribution in [0.1, 0.15) is 24.8 Å². The minimum Gasteiger partial charge on any atom is -0.352 e. The molecule has 2 heterocycles. The molecular formula is C21H23ClN4O3S. The summed E-state index contributed by atoms with van der Waals surface area (Å²) in [5.41, 5.74) is 2.27. The lowest BCUT2D eigenvalue weighted by Crippen LogP contribution is -2.27. The number of nitrogens with one attached hydrogen (secondary N) is 1. The van der Waals surface area contributed by atoms with Gasteiger partial charge in [0.05, 0.1) is 22.3 Å². The zero-order chi connectivity index (χ0) is 21.1. The second kappa shape index (κ2) is 8.75. The van der Waals surface area contributed by atoms with Crippen LogP contribution >= 0.6 is 11.6 Å². The average molecular weight is 447 g/mol. The Morgan fingerprint density at radius 3 is 2.67 bits per heavy atom. The number of carbonyl (C=O) groups is 1. The molecular weight excluding hydrogens is 424 g/mol. The molecule has 0 aliphatic carbocycles. The van der Waals surface area contributed by atoms with Crippen molar-refractivity contribution in [2.75, 3.05) is 13.1 Å². The van der Waals surface area contributed by atoms with Gasteiger partial charge >= 0.3 is 0 Å². The summed E-state index contributed by atoms with van der Waals surface area (Å²) in [4.78, 5) is 16.8. The molecule has 1 amide bonds. The van der Waals surface area contributed by atoms with Crippen molar-refractivity contribution < 1.29 is 13.2 Å². The van der Waals surface area contributed by atoms with E-state index in [1.807, 2.05) is 22.8 Å². The number of halogens is 1. The van der Waals surface area contributed by atoms with Crippen LogP contribution in [0.15, 0.2) is 53.7 Å². The Morgan fingerprint density at radius 1 is 1.13 bits per heavy atom. The zero-order valence-corrected chi connectivity index (χ0v) is 18.0. The second-order valence-corrected chi connectivity index (χ2v) is 9.66. The number of hydrogen-bond acceptors (Lipinski definition) is 4. The monoisotopic (exact) mass is 446 g/mol. The van der Waals surface area contributed by atoms with E-state index in [9.17, 15) is 13.2 Å². The van der Waals surface area contributed by atoms with Gasteiger partial charge in [0.2, 0.25) is 15.9 Å². The van der Waals surface area contributed by atoms with E-state index in [0.717, 1.165) is 23.9 Å². The Hall–Kier alpha value is -2.42. The molecule has 0 atom stereocenters. The zero-order valence-electron chi connectivity index (χ0n) is 16.4. The van der Waals surface area contributed by atoms with Crippen molar-refractivity contribution in [2.45, 2.75) is 37.2 Å². The van der Waals surface area contributed by atoms with Crippen LogP contribution in [-0.4, -0.2) is 41.3 Å². The topological polar surface area (TPSA) is 84.3 Å². The van der Waals surface area contributed by atoms with E-state index in [1.165, 1.54) is 4.31 Å². The van der Waals surface area contributed by atoms with Crippen LogP contribution in [0.25, 0.3) is 11.0 Å². The third-order valence-electron chi connectivity index (χ3n) is 5.31. The SMILES string of the molecule is O=C(CCn1cnc2cc(S(=O)(=O)N3CCCC3)ccc21)NCc1ccccc1Cl. The minimum atomic E-state index is -3.47. The smallest absolute Gasteiger partial charge is 0.243 e. The van der Waals surface area contributed by atoms with Crippen LogP contribution in [0.3, 0.4) is 0 Å². The first-order valence-electron chi connectivity index (χ1n) is 9.90. The summed E-state index contributed by atoms with van der Waals surface area (Å²) in [5.74, 6) is -0.0926. The number of rotatable bonds is 7. The molecule has 0 radical (unpaired) electrons. The summed E-state index contributed by atoms with van der Waals surface area (Å²) in [6, 6.07) is 12.4. The van der Waals surface area contributed by atoms with Crippen LogP contribution in [-0.2, 0) is 27.9 Å². The summed E-state index contributed by atoms with van der Waals surface area (Å²) in [6.45, 7) is 1.96. The molecule has 0 saturated carbocycles. The minimum absolute atomic E-state index is 0.0926. The average Bonchev–Trinajstić information content (AvgIpc) is 3.42. The molecule has 158 valence electrons. The van der Waals surface area contributed by atoms with E-state index >= 15 is 0 Å². The number of aromatic nitrogens is 2. The fraction of sp³-hybridized carbons (Fsp3) is 0.333. The van der Waals surface area contributed by atoms with Crippen molar-refractivity contribution in [1.29, 1.82) is 0 Å². The number of imidazole rings is 1. The number of aryl methyl sites for hydroxylation is 1. The maximum Gasteiger partial charge on any atom is 0.243 e. The molecule has 30 heavy (non-hydrogen) atoms. The van der Waals surface area contributed by atoms with Gasteiger partial charge in [0.1, 0.15) is 0 Å². The van der Waals surface area contributed by atoms with Crippen molar-refractivity contribution >= 4 is 38.6 Å². The highest BCUT2D eigenvalue weighted by molar-refractivity contribution is 7.89. The number of amides is 1. The summed E-state index contributed by atoms with van der Waals surface area (Å²) in [5, 5.41) is 3.49. The summed E-state index contributed by atoms with van der Waals surface area (Å²) < 4.78 is 28.9. The Balaban J connectivity index is 1.40. The molecule has 0 bridgehead atoms. The van der Waals surface area contributed by atoms with Gasteiger partial charge in [0.15, 0.2) is 0 Å². The van der Waals surface area contributed by atoms with Gasteiger partial charge in [-0.05, 0) is 42.7 Å². The molecule has 1 fully saturated rings. The quantitative estimate of drug-likeness (QED) is 0.604. The Kier molecular flexibility index (Phi) is 6.08. The van der Waals surface area contributed by atoms with Crippen LogP contribution in [0.2, 0.25) is 5.02 Å². The van der Waals surface area contributed by atoms with Gasteiger partial charge in [-0.3, -0.25) is 4.79 Å². The van der Waals surface area contributed by atoms with Gasteiger partial charge in [-0.25, -0.2) is 13.4 Å². The van der Waals surface area contributed by atoms with Crippen LogP contribution < -0.4 is 5.32 Å². The lowest BCUT2D eigenvalue weighted by Gasteiger charge is -2.15. The van der Waals surface area contributed by atoms with E-state index in [0.29, 0.717) is 36.7 Å². The second-order valence-electron chi connectivity index (χ2n) is 7.32. The van der Waals surface area contributed by atoms with E-state index < -0.39 is 10.0 Å². The van der Waals surface area contributed by atoms with Crippen molar-refractivity contribution in [2.24, 2.45) is 0 Å². The van der Waals surface area contributed by atoms with E-state index in [2.05, 4.69) is 10.3 Å². The Bertz CT molecular complexity index is 1170. The first kappa shape index (κ1) is 20.8. The molecule has 1 aliphatic rings. The van der Waals surface area contributed by atoms with Crippen molar-refractivity contribution in [3.05, 3.63) is 59.4 Å². The number of benzene rings is 2. The molecule has 2 aromatic carbocycles. The fourth-order valence-electron chi connectivity index (χ4n) is 3.61. The molecule has 1 saturated heterocycles. The lowest BCUT2D eigenvalue weighted by molar-refractivity contribution is -0.121. The van der Waals surface area contributed by atoms with Gasteiger partial charge in [0, 0.05) is 37.6 Å². The van der Waals surface area contributed by atoms with Crippen molar-refractivity contribution in [3.63, 3.8) is 0 Å². The standard InChI is InChI=1S/C21H23ClN4O3S/c22-18-6-2-1-5-16(18)14-23-21(27)9-12-25-15-24-19-13-17(7-8-20(19)25)30(28,29)26-10-3-4-11-26/h1-2,5-8,13,15H,3-4,9-12,14H2,(H,23,27). The van der Waals surface area contributed by atoms with Gasteiger partial charge in [-0.15, -0.1) is 0 Å². The summed E-state index contributed by atoms with van der Waals surface area (Å²) >= 11 is 6.11. The molecule has 7 nitrogen and oxygen atoms in total. The highest BCUT2D eigenvalue weighted by atomic mass is 35.5. The molecule has 1 aliphatic heterocycles. The van der Waals surface area contributed by atoms with Gasteiger partial charge in [0.25, 0.3) is 0 Å². The van der Waals surface area contributed by atoms with E-state index in [4.69, 9.17) is 11.6 Å². The van der Waals surface area contributed by atoms with Crippen molar-refractivity contribution in [1.82, 2.24) is 19.2 Å². The largest absolute Gasteiger partial charge is 0.352 e. The highest BCUT2D eigenvalue weighted by Gasteiger charge is 2.27. The molecule has 0 spiro atoms. The predicted molar refractivity (Wildman–Crippen MR) is 116 cm³/mol. The molecule has 3 aromatic rings. The number of sulfonamides is 1. The van der Waals surface area contributed by atoms with Gasteiger partial charge < -0.3 is 9.88 Å². The fourth-order valence-corrected chi connectivity index (χ4v) is 5.35. The predicted octanol–water partition coefficient (Wildman–Crippen LogP) is 3.18. The molecule has 0 unspecified atom stereocenters. The van der Waals surface area contributed by atoms with E-state index in [-0.39, 0.29) is 17.2 Å². The molecule has 1 N–H and O–H groups in total. The maximum atomic E-state index is 12.7. The molecule has 1 aromatic heterocycles. The van der Waals surface area contributed by atoms with Gasteiger partial charge in [-0.1, -0.05) is 29.8 Å². The van der Waals surface area contributed by atoms with Crippen LogP contribution in [0, 0.1) is 0 Å². The number of nitrogens with zero attached hydrogens (tertiary/aromatic N) is 3. The maximum absolute atomic E-state index is 12.7. The number of carbonyl (C=O) groups excluding carboxylic acids is 1. The first-order chi connectivity index (χ1) is 14.4. The Morgan fingerprint density at radius 2 is 1.90 bits per heavy atom. The normalized spacial score (nSPS) is 15.0. The molecule has 4 rings (SSSR count). The third kappa shape index (κ3) is 4.35. The number of hydrogen-bond donors (Lipinski definition) is 1. The Labute approximate surface area is 180 Å². The van der Waals surface area contributed by atoms with Gasteiger partial charge in [-0.2, -0.15) is 4.31 Å². The molecule has 9 heteroatoms. The third-order valence-corrected chi connectivity index (χ3v) is 7.57. The number of fused-ring (bicyclic) bond motifs is 1. The van der Waals surface area contributed by atoms with E-state index in [1.54, 1.807) is 30.6 Å². The summed E-state index contributed by atoms with van der Waals surface area (Å²) in [6.07, 6.45) is 3.71. The van der Waals surface area contributed by atoms with Crippen LogP contribution in [0.5, 0.6) is 0 Å². The highest BCUT2D eigenvalue weighted by Crippen LogP contribution is 2.24. The van der Waals surface area contributed by atoms with Crippen LogP contribution in [0.4, 0.5) is 0 Å².